The lowest BCUT2D eigenvalue weighted by Gasteiger charge is -2.05. The third-order valence-electron chi connectivity index (χ3n) is 1.29. The van der Waals surface area contributed by atoms with E-state index in [1.807, 2.05) is 0 Å². The highest BCUT2D eigenvalue weighted by Crippen LogP contribution is 2.21. The fourth-order valence-corrected chi connectivity index (χ4v) is 1.95. The van der Waals surface area contributed by atoms with Crippen LogP contribution in [0.3, 0.4) is 0 Å². The van der Waals surface area contributed by atoms with Crippen LogP contribution in [-0.4, -0.2) is 13.3 Å². The van der Waals surface area contributed by atoms with Gasteiger partial charge in [0, 0.05) is 16.2 Å². The lowest BCUT2D eigenvalue weighted by molar-refractivity contribution is 0.627. The summed E-state index contributed by atoms with van der Waals surface area (Å²) in [5.74, 6) is 0. The molecule has 0 atom stereocenters. The molecular formula is C6H6O2S3. The summed E-state index contributed by atoms with van der Waals surface area (Å²) in [7, 11) is -2.17. The minimum atomic E-state index is -2.17. The van der Waals surface area contributed by atoms with Crippen molar-refractivity contribution in [1.82, 2.24) is 0 Å². The van der Waals surface area contributed by atoms with Gasteiger partial charge in [0.2, 0.25) is 10.3 Å². The maximum atomic E-state index is 10.5. The third-order valence-corrected chi connectivity index (χ3v) is 3.27. The Balaban J connectivity index is 3.31. The van der Waals surface area contributed by atoms with Gasteiger partial charge in [-0.05, 0) is 0 Å². The minimum Gasteiger partial charge on any atom is -0.184 e. The van der Waals surface area contributed by atoms with Crippen LogP contribution in [0.5, 0.6) is 0 Å². The maximum Gasteiger partial charge on any atom is 0.218 e. The number of hydrogen-bond acceptors (Lipinski definition) is 4. The monoisotopic (exact) mass is 206 g/mol. The molecule has 0 bridgehead atoms. The summed E-state index contributed by atoms with van der Waals surface area (Å²) in [6.07, 6.45) is 3.90. The first kappa shape index (κ1) is 8.96. The first-order valence-electron chi connectivity index (χ1n) is 2.87. The average Bonchev–Trinajstić information content (AvgIpc) is 1.94. The molecule has 0 unspecified atom stereocenters. The van der Waals surface area contributed by atoms with Gasteiger partial charge in [-0.1, -0.05) is 12.2 Å². The van der Waals surface area contributed by atoms with Crippen molar-refractivity contribution in [3.05, 3.63) is 22.0 Å². The first-order valence-corrected chi connectivity index (χ1v) is 4.84. The molecule has 0 fully saturated rings. The molecule has 0 heterocycles. The average molecular weight is 206 g/mol. The Kier molecular flexibility index (Phi) is 2.86. The molecule has 0 aromatic rings. The van der Waals surface area contributed by atoms with Gasteiger partial charge < -0.3 is 0 Å². The van der Waals surface area contributed by atoms with Gasteiger partial charge in [-0.15, -0.1) is 25.3 Å². The van der Waals surface area contributed by atoms with E-state index in [4.69, 9.17) is 0 Å². The molecule has 0 saturated heterocycles. The molecule has 11 heavy (non-hydrogen) atoms. The topological polar surface area (TPSA) is 34.1 Å². The molecular weight excluding hydrogens is 200 g/mol. The molecule has 1 aliphatic rings. The van der Waals surface area contributed by atoms with Crippen LogP contribution >= 0.6 is 25.3 Å². The van der Waals surface area contributed by atoms with E-state index < -0.39 is 10.3 Å². The summed E-state index contributed by atoms with van der Waals surface area (Å²) in [4.78, 5) is 1.35. The van der Waals surface area contributed by atoms with Gasteiger partial charge in [0.05, 0.1) is 4.86 Å². The number of allylic oxidation sites excluding steroid dienone is 3. The van der Waals surface area contributed by atoms with Crippen LogP contribution in [0.4, 0.5) is 0 Å². The Hall–Kier alpha value is -0.130. The highest BCUT2D eigenvalue weighted by atomic mass is 32.2. The molecule has 2 nitrogen and oxygen atoms in total. The van der Waals surface area contributed by atoms with E-state index in [0.29, 0.717) is 21.1 Å². The summed E-state index contributed by atoms with van der Waals surface area (Å²) in [6.45, 7) is 0. The van der Waals surface area contributed by atoms with Gasteiger partial charge in [-0.3, -0.25) is 0 Å². The molecule has 0 radical (unpaired) electrons. The fourth-order valence-electron chi connectivity index (χ4n) is 0.743. The zero-order valence-electron chi connectivity index (χ0n) is 5.48. The minimum absolute atomic E-state index is 0.306. The second-order valence-corrected chi connectivity index (χ2v) is 3.89. The Morgan fingerprint density at radius 2 is 2.00 bits per heavy atom. The van der Waals surface area contributed by atoms with Crippen LogP contribution in [0.2, 0.25) is 0 Å². The van der Waals surface area contributed by atoms with Crippen molar-refractivity contribution in [2.45, 2.75) is 6.42 Å². The van der Waals surface area contributed by atoms with Crippen LogP contribution in [0.25, 0.3) is 0 Å². The highest BCUT2D eigenvalue weighted by Gasteiger charge is 2.10. The largest absolute Gasteiger partial charge is 0.218 e. The van der Waals surface area contributed by atoms with Crippen molar-refractivity contribution in [2.75, 3.05) is 0 Å². The van der Waals surface area contributed by atoms with E-state index in [1.165, 1.54) is 0 Å². The van der Waals surface area contributed by atoms with Crippen molar-refractivity contribution < 1.29 is 8.42 Å². The normalized spacial score (nSPS) is 17.5. The predicted octanol–water partition coefficient (Wildman–Crippen LogP) is 1.07. The van der Waals surface area contributed by atoms with Crippen molar-refractivity contribution in [1.29, 1.82) is 0 Å². The predicted molar refractivity (Wildman–Crippen MR) is 52.7 cm³/mol. The SMILES string of the molecule is O=S(=O)=C1CC=CC(S)=C1S. The quantitative estimate of drug-likeness (QED) is 0.459. The van der Waals surface area contributed by atoms with Crippen LogP contribution in [-0.2, 0) is 10.3 Å². The Labute approximate surface area is 77.4 Å². The van der Waals surface area contributed by atoms with Gasteiger partial charge in [0.1, 0.15) is 0 Å². The van der Waals surface area contributed by atoms with Gasteiger partial charge >= 0.3 is 0 Å². The van der Waals surface area contributed by atoms with Crippen molar-refractivity contribution >= 4 is 40.4 Å². The Morgan fingerprint density at radius 1 is 1.36 bits per heavy atom. The third kappa shape index (κ3) is 1.91. The molecule has 5 heteroatoms. The van der Waals surface area contributed by atoms with Gasteiger partial charge in [0.25, 0.3) is 0 Å². The van der Waals surface area contributed by atoms with Crippen LogP contribution in [0, 0.1) is 0 Å². The molecule has 0 spiro atoms. The summed E-state index contributed by atoms with van der Waals surface area (Å²) in [5, 5.41) is 0. The lowest BCUT2D eigenvalue weighted by Crippen LogP contribution is -2.02. The van der Waals surface area contributed by atoms with Crippen molar-refractivity contribution in [3.63, 3.8) is 0 Å². The first-order chi connectivity index (χ1) is 5.13. The molecule has 60 valence electrons. The van der Waals surface area contributed by atoms with Gasteiger partial charge in [0.15, 0.2) is 0 Å². The van der Waals surface area contributed by atoms with Crippen LogP contribution < -0.4 is 0 Å². The van der Waals surface area contributed by atoms with Gasteiger partial charge in [-0.2, -0.15) is 8.42 Å². The summed E-state index contributed by atoms with van der Waals surface area (Å²) in [5.41, 5.74) is 0. The van der Waals surface area contributed by atoms with Crippen LogP contribution in [0.15, 0.2) is 22.0 Å². The van der Waals surface area contributed by atoms with Gasteiger partial charge in [-0.25, -0.2) is 0 Å². The molecule has 0 amide bonds. The Morgan fingerprint density at radius 3 is 2.45 bits per heavy atom. The molecule has 0 aromatic heterocycles. The highest BCUT2D eigenvalue weighted by molar-refractivity contribution is 7.91. The number of hydrogen-bond donors (Lipinski definition) is 2. The molecule has 1 rings (SSSR count). The van der Waals surface area contributed by atoms with Crippen molar-refractivity contribution in [3.8, 4) is 0 Å². The summed E-state index contributed by atoms with van der Waals surface area (Å²) in [6, 6.07) is 0. The smallest absolute Gasteiger partial charge is 0.184 e. The standard InChI is InChI=1S/C6H6O2S3/c7-11(8)5-3-1-2-4(9)6(5)10/h1-2,9-10H,3H2. The van der Waals surface area contributed by atoms with E-state index in [-0.39, 0.29) is 0 Å². The van der Waals surface area contributed by atoms with E-state index in [9.17, 15) is 8.42 Å². The lowest BCUT2D eigenvalue weighted by atomic mass is 10.2. The molecule has 0 aliphatic heterocycles. The summed E-state index contributed by atoms with van der Waals surface area (Å²) >= 11 is 8.04. The molecule has 0 saturated carbocycles. The van der Waals surface area contributed by atoms with E-state index in [1.54, 1.807) is 12.2 Å². The van der Waals surface area contributed by atoms with E-state index in [2.05, 4.69) is 25.3 Å². The molecule has 1 aliphatic carbocycles. The second kappa shape index (κ2) is 3.51. The van der Waals surface area contributed by atoms with Crippen LogP contribution in [0.1, 0.15) is 6.42 Å². The zero-order chi connectivity index (χ0) is 8.43. The summed E-state index contributed by atoms with van der Waals surface area (Å²) < 4.78 is 21.0. The number of thiol groups is 2. The fraction of sp³-hybridized carbons (Fsp3) is 0.167. The molecule has 0 aromatic carbocycles. The second-order valence-electron chi connectivity index (χ2n) is 2.00. The Bertz CT molecular complexity index is 351. The number of rotatable bonds is 0. The maximum absolute atomic E-state index is 10.5. The zero-order valence-corrected chi connectivity index (χ0v) is 8.09. The van der Waals surface area contributed by atoms with E-state index >= 15 is 0 Å². The van der Waals surface area contributed by atoms with E-state index in [0.717, 1.165) is 0 Å². The van der Waals surface area contributed by atoms with Crippen molar-refractivity contribution in [2.24, 2.45) is 0 Å². The molecule has 0 N–H and O–H groups in total.